The van der Waals surface area contributed by atoms with Crippen LogP contribution in [0.4, 0.5) is 0 Å². The lowest BCUT2D eigenvalue weighted by Crippen LogP contribution is -2.37. The van der Waals surface area contributed by atoms with E-state index >= 15 is 0 Å². The Bertz CT molecular complexity index is 549. The summed E-state index contributed by atoms with van der Waals surface area (Å²) in [7, 11) is 6.24. The number of hydrogen-bond acceptors (Lipinski definition) is 3. The Hall–Kier alpha value is -1.36. The first-order chi connectivity index (χ1) is 10.8. The fourth-order valence-electron chi connectivity index (χ4n) is 3.63. The maximum absolute atomic E-state index is 12.8. The van der Waals surface area contributed by atoms with Crippen LogP contribution in [-0.4, -0.2) is 58.7 Å². The first-order valence-corrected chi connectivity index (χ1v) is 8.75. The van der Waals surface area contributed by atoms with E-state index in [4.69, 9.17) is 0 Å². The van der Waals surface area contributed by atoms with Crippen LogP contribution in [0.2, 0.25) is 0 Å². The monoisotopic (exact) mass is 320 g/mol. The third-order valence-corrected chi connectivity index (χ3v) is 5.33. The standard InChI is InChI=1S/C18H32N4O/c1-13(12-17-14(2)19-21(6)15(17)3)18(23)22-10-7-8-16(9-11-22)20(4)5/h13,16H,7-12H2,1-6H3/t13-,16-/m0/s1. The highest BCUT2D eigenvalue weighted by Crippen LogP contribution is 2.21. The number of aryl methyl sites for hydroxylation is 2. The summed E-state index contributed by atoms with van der Waals surface area (Å²) in [4.78, 5) is 17.2. The van der Waals surface area contributed by atoms with E-state index in [0.29, 0.717) is 11.9 Å². The van der Waals surface area contributed by atoms with E-state index in [1.807, 2.05) is 18.7 Å². The van der Waals surface area contributed by atoms with E-state index in [0.717, 1.165) is 38.0 Å². The molecule has 1 aliphatic heterocycles. The molecular formula is C18H32N4O. The zero-order chi connectivity index (χ0) is 17.1. The summed E-state index contributed by atoms with van der Waals surface area (Å²) in [6, 6.07) is 0.603. The van der Waals surface area contributed by atoms with Gasteiger partial charge in [0.1, 0.15) is 0 Å². The summed E-state index contributed by atoms with van der Waals surface area (Å²) in [6.45, 7) is 7.96. The Morgan fingerprint density at radius 2 is 2.00 bits per heavy atom. The van der Waals surface area contributed by atoms with Gasteiger partial charge in [-0.2, -0.15) is 5.10 Å². The quantitative estimate of drug-likeness (QED) is 0.854. The summed E-state index contributed by atoms with van der Waals surface area (Å²) in [5, 5.41) is 4.47. The molecule has 5 nitrogen and oxygen atoms in total. The Balaban J connectivity index is 1.99. The van der Waals surface area contributed by atoms with E-state index in [2.05, 4.69) is 42.8 Å². The molecule has 1 aromatic rings. The molecule has 0 bridgehead atoms. The molecule has 2 heterocycles. The number of aromatic nitrogens is 2. The lowest BCUT2D eigenvalue weighted by atomic mass is 9.98. The fourth-order valence-corrected chi connectivity index (χ4v) is 3.63. The van der Waals surface area contributed by atoms with Crippen LogP contribution in [0.3, 0.4) is 0 Å². The van der Waals surface area contributed by atoms with Gasteiger partial charge in [-0.25, -0.2) is 0 Å². The summed E-state index contributed by atoms with van der Waals surface area (Å²) >= 11 is 0. The third-order valence-electron chi connectivity index (χ3n) is 5.33. The van der Waals surface area contributed by atoms with Crippen LogP contribution in [0, 0.1) is 19.8 Å². The Morgan fingerprint density at radius 3 is 2.57 bits per heavy atom. The van der Waals surface area contributed by atoms with Crippen LogP contribution in [0.5, 0.6) is 0 Å². The minimum atomic E-state index is 0.0208. The molecule has 0 N–H and O–H groups in total. The topological polar surface area (TPSA) is 41.4 Å². The zero-order valence-corrected chi connectivity index (χ0v) is 15.6. The molecule has 0 aromatic carbocycles. The summed E-state index contributed by atoms with van der Waals surface area (Å²) < 4.78 is 1.91. The van der Waals surface area contributed by atoms with Gasteiger partial charge in [0.25, 0.3) is 0 Å². The molecule has 1 amide bonds. The molecule has 1 aromatic heterocycles. The Kier molecular flexibility index (Phi) is 5.84. The Labute approximate surface area is 140 Å². The van der Waals surface area contributed by atoms with Gasteiger partial charge in [0.2, 0.25) is 5.91 Å². The average Bonchev–Trinajstić information content (AvgIpc) is 2.72. The minimum absolute atomic E-state index is 0.0208. The first kappa shape index (κ1) is 18.0. The number of carbonyl (C=O) groups is 1. The summed E-state index contributed by atoms with van der Waals surface area (Å²) in [6.07, 6.45) is 4.16. The first-order valence-electron chi connectivity index (χ1n) is 8.75. The molecular weight excluding hydrogens is 288 g/mol. The van der Waals surface area contributed by atoms with Crippen LogP contribution in [-0.2, 0) is 18.3 Å². The molecule has 23 heavy (non-hydrogen) atoms. The molecule has 0 spiro atoms. The van der Waals surface area contributed by atoms with E-state index in [-0.39, 0.29) is 5.92 Å². The van der Waals surface area contributed by atoms with Crippen molar-refractivity contribution in [3.05, 3.63) is 17.0 Å². The van der Waals surface area contributed by atoms with Crippen LogP contribution in [0.15, 0.2) is 0 Å². The van der Waals surface area contributed by atoms with Crippen LogP contribution < -0.4 is 0 Å². The van der Waals surface area contributed by atoms with Crippen molar-refractivity contribution in [3.8, 4) is 0 Å². The van der Waals surface area contributed by atoms with Gasteiger partial charge in [-0.05, 0) is 59.2 Å². The van der Waals surface area contributed by atoms with Gasteiger partial charge in [-0.15, -0.1) is 0 Å². The number of rotatable bonds is 4. The van der Waals surface area contributed by atoms with Crippen molar-refractivity contribution in [1.29, 1.82) is 0 Å². The van der Waals surface area contributed by atoms with Crippen molar-refractivity contribution < 1.29 is 4.79 Å². The molecule has 1 aliphatic rings. The van der Waals surface area contributed by atoms with Crippen LogP contribution in [0.1, 0.15) is 43.1 Å². The van der Waals surface area contributed by atoms with Crippen molar-refractivity contribution in [1.82, 2.24) is 19.6 Å². The lowest BCUT2D eigenvalue weighted by Gasteiger charge is -2.25. The molecule has 0 unspecified atom stereocenters. The predicted molar refractivity (Wildman–Crippen MR) is 93.5 cm³/mol. The van der Waals surface area contributed by atoms with Gasteiger partial charge < -0.3 is 9.80 Å². The Morgan fingerprint density at radius 1 is 1.30 bits per heavy atom. The van der Waals surface area contributed by atoms with Crippen molar-refractivity contribution in [2.75, 3.05) is 27.2 Å². The zero-order valence-electron chi connectivity index (χ0n) is 15.6. The SMILES string of the molecule is Cc1nn(C)c(C)c1C[C@H](C)C(=O)N1CCC[C@H](N(C)C)CC1. The number of hydrogen-bond donors (Lipinski definition) is 0. The van der Waals surface area contributed by atoms with Gasteiger partial charge in [0.15, 0.2) is 0 Å². The third kappa shape index (κ3) is 4.14. The van der Waals surface area contributed by atoms with Gasteiger partial charge in [0.05, 0.1) is 5.69 Å². The normalized spacial score (nSPS) is 20.7. The molecule has 1 saturated heterocycles. The number of carbonyl (C=O) groups excluding carboxylic acids is 1. The minimum Gasteiger partial charge on any atom is -0.342 e. The largest absolute Gasteiger partial charge is 0.342 e. The number of likely N-dealkylation sites (tertiary alicyclic amines) is 1. The summed E-state index contributed by atoms with van der Waals surface area (Å²) in [5.74, 6) is 0.319. The molecule has 2 rings (SSSR count). The van der Waals surface area contributed by atoms with Gasteiger partial charge in [-0.3, -0.25) is 9.48 Å². The second-order valence-corrected chi connectivity index (χ2v) is 7.25. The van der Waals surface area contributed by atoms with Crippen molar-refractivity contribution in [2.24, 2.45) is 13.0 Å². The molecule has 5 heteroatoms. The van der Waals surface area contributed by atoms with E-state index in [1.54, 1.807) is 0 Å². The molecule has 1 fully saturated rings. The maximum atomic E-state index is 12.8. The second-order valence-electron chi connectivity index (χ2n) is 7.25. The molecule has 2 atom stereocenters. The number of amides is 1. The van der Waals surface area contributed by atoms with Crippen molar-refractivity contribution in [3.63, 3.8) is 0 Å². The maximum Gasteiger partial charge on any atom is 0.225 e. The average molecular weight is 320 g/mol. The fraction of sp³-hybridized carbons (Fsp3) is 0.778. The second kappa shape index (κ2) is 7.47. The lowest BCUT2D eigenvalue weighted by molar-refractivity contribution is -0.134. The van der Waals surface area contributed by atoms with Gasteiger partial charge in [0, 0.05) is 37.8 Å². The van der Waals surface area contributed by atoms with Crippen LogP contribution in [0.25, 0.3) is 0 Å². The van der Waals surface area contributed by atoms with Crippen molar-refractivity contribution >= 4 is 5.91 Å². The highest BCUT2D eigenvalue weighted by Gasteiger charge is 2.26. The predicted octanol–water partition coefficient (Wildman–Crippen LogP) is 2.16. The van der Waals surface area contributed by atoms with Gasteiger partial charge >= 0.3 is 0 Å². The smallest absolute Gasteiger partial charge is 0.225 e. The van der Waals surface area contributed by atoms with Gasteiger partial charge in [-0.1, -0.05) is 6.92 Å². The van der Waals surface area contributed by atoms with E-state index in [1.165, 1.54) is 17.7 Å². The highest BCUT2D eigenvalue weighted by molar-refractivity contribution is 5.79. The van der Waals surface area contributed by atoms with E-state index < -0.39 is 0 Å². The van der Waals surface area contributed by atoms with Crippen LogP contribution >= 0.6 is 0 Å². The summed E-state index contributed by atoms with van der Waals surface area (Å²) in [5.41, 5.74) is 3.45. The molecule has 0 saturated carbocycles. The molecule has 0 aliphatic carbocycles. The van der Waals surface area contributed by atoms with Crippen molar-refractivity contribution in [2.45, 2.75) is 52.5 Å². The number of nitrogens with zero attached hydrogens (tertiary/aromatic N) is 4. The molecule has 130 valence electrons. The molecule has 0 radical (unpaired) electrons. The van der Waals surface area contributed by atoms with E-state index in [9.17, 15) is 4.79 Å². The highest BCUT2D eigenvalue weighted by atomic mass is 16.2.